The number of nitrogens with one attached hydrogen (secondary N) is 1. The zero-order chi connectivity index (χ0) is 19.0. The van der Waals surface area contributed by atoms with Crippen LogP contribution in [0, 0.1) is 5.82 Å². The molecular weight excluding hydrogens is 502 g/mol. The van der Waals surface area contributed by atoms with Crippen LogP contribution in [0.1, 0.15) is 12.5 Å². The van der Waals surface area contributed by atoms with Crippen LogP contribution in [0.5, 0.6) is 0 Å². The van der Waals surface area contributed by atoms with Crippen molar-refractivity contribution in [1.82, 2.24) is 14.5 Å². The van der Waals surface area contributed by atoms with Crippen molar-refractivity contribution in [3.05, 3.63) is 35.6 Å². The Balaban J connectivity index is 0.00000364. The van der Waals surface area contributed by atoms with E-state index in [4.69, 9.17) is 0 Å². The molecule has 0 aliphatic carbocycles. The van der Waals surface area contributed by atoms with Gasteiger partial charge in [0.25, 0.3) is 0 Å². The summed E-state index contributed by atoms with van der Waals surface area (Å²) >= 11 is 1.78. The lowest BCUT2D eigenvalue weighted by Crippen LogP contribution is -2.41. The van der Waals surface area contributed by atoms with E-state index in [1.807, 2.05) is 24.9 Å². The Bertz CT molecular complexity index is 713. The second-order valence-electron chi connectivity index (χ2n) is 6.05. The van der Waals surface area contributed by atoms with Gasteiger partial charge in [-0.25, -0.2) is 17.1 Å². The topological polar surface area (TPSA) is 65.0 Å². The minimum atomic E-state index is -3.27. The van der Waals surface area contributed by atoms with Gasteiger partial charge in [0.05, 0.1) is 12.3 Å². The van der Waals surface area contributed by atoms with E-state index in [0.717, 1.165) is 17.1 Å². The monoisotopic (exact) mass is 530 g/mol. The highest BCUT2D eigenvalue weighted by Gasteiger charge is 2.23. The summed E-state index contributed by atoms with van der Waals surface area (Å²) in [6.45, 7) is 4.46. The highest BCUT2D eigenvalue weighted by Crippen LogP contribution is 2.13. The first-order valence-corrected chi connectivity index (χ1v) is 11.5. The van der Waals surface area contributed by atoms with Gasteiger partial charge in [0.1, 0.15) is 5.82 Å². The third kappa shape index (κ3) is 8.12. The Morgan fingerprint density at radius 2 is 2.07 bits per heavy atom. The molecule has 1 N–H and O–H groups in total. The zero-order valence-electron chi connectivity index (χ0n) is 15.7. The fourth-order valence-corrected chi connectivity index (χ4v) is 5.13. The molecule has 0 radical (unpaired) electrons. The van der Waals surface area contributed by atoms with Crippen LogP contribution in [-0.2, 0) is 16.6 Å². The molecule has 0 amide bonds. The van der Waals surface area contributed by atoms with Crippen molar-refractivity contribution in [3.8, 4) is 0 Å². The van der Waals surface area contributed by atoms with Crippen molar-refractivity contribution in [3.63, 3.8) is 0 Å². The number of hydrogen-bond acceptors (Lipinski definition) is 4. The zero-order valence-corrected chi connectivity index (χ0v) is 19.7. The Labute approximate surface area is 183 Å². The van der Waals surface area contributed by atoms with Gasteiger partial charge in [0.15, 0.2) is 5.96 Å². The molecule has 0 saturated carbocycles. The Hall–Kier alpha value is -0.590. The number of benzene rings is 1. The van der Waals surface area contributed by atoms with E-state index in [1.165, 1.54) is 12.1 Å². The van der Waals surface area contributed by atoms with Crippen molar-refractivity contribution >= 4 is 51.7 Å². The van der Waals surface area contributed by atoms with Gasteiger partial charge < -0.3 is 10.2 Å². The molecule has 1 aliphatic rings. The van der Waals surface area contributed by atoms with Crippen LogP contribution in [0.2, 0.25) is 0 Å². The van der Waals surface area contributed by atoms with Crippen molar-refractivity contribution in [2.75, 3.05) is 50.5 Å². The van der Waals surface area contributed by atoms with Crippen LogP contribution in [0.15, 0.2) is 29.3 Å². The molecule has 1 saturated heterocycles. The minimum absolute atomic E-state index is 0. The number of nitrogens with zero attached hydrogens (tertiary/aromatic N) is 3. The highest BCUT2D eigenvalue weighted by atomic mass is 127. The van der Waals surface area contributed by atoms with Gasteiger partial charge in [-0.2, -0.15) is 11.8 Å². The third-order valence-corrected chi connectivity index (χ3v) is 6.77. The number of rotatable bonds is 7. The maximum Gasteiger partial charge on any atom is 0.215 e. The largest absolute Gasteiger partial charge is 0.357 e. The standard InChI is InChI=1S/C17H27FN4O2S2.HI/c1-3-19-17(21(2)14-15-5-4-6-16(18)13-15)20-7-12-26(23,24)22-8-10-25-11-9-22;/h4-6,13H,3,7-12,14H2,1-2H3,(H,19,20);1H. The molecule has 10 heteroatoms. The van der Waals surface area contributed by atoms with Gasteiger partial charge in [-0.05, 0) is 24.6 Å². The van der Waals surface area contributed by atoms with Crippen molar-refractivity contribution < 1.29 is 12.8 Å². The molecule has 0 spiro atoms. The number of sulfonamides is 1. The second-order valence-corrected chi connectivity index (χ2v) is 9.36. The van der Waals surface area contributed by atoms with Gasteiger partial charge in [0.2, 0.25) is 10.0 Å². The second kappa shape index (κ2) is 12.1. The molecule has 2 rings (SSSR count). The Morgan fingerprint density at radius 1 is 1.37 bits per heavy atom. The average molecular weight is 530 g/mol. The van der Waals surface area contributed by atoms with Gasteiger partial charge in [0, 0.05) is 44.7 Å². The Morgan fingerprint density at radius 3 is 2.70 bits per heavy atom. The molecule has 0 unspecified atom stereocenters. The van der Waals surface area contributed by atoms with Gasteiger partial charge in [-0.1, -0.05) is 12.1 Å². The summed E-state index contributed by atoms with van der Waals surface area (Å²) in [5.41, 5.74) is 0.830. The lowest BCUT2D eigenvalue weighted by atomic mass is 10.2. The van der Waals surface area contributed by atoms with Crippen molar-refractivity contribution in [1.29, 1.82) is 0 Å². The number of guanidine groups is 1. The van der Waals surface area contributed by atoms with Gasteiger partial charge in [-0.3, -0.25) is 4.99 Å². The van der Waals surface area contributed by atoms with E-state index in [0.29, 0.717) is 32.1 Å². The average Bonchev–Trinajstić information content (AvgIpc) is 2.61. The smallest absolute Gasteiger partial charge is 0.215 e. The Kier molecular flexibility index (Phi) is 10.9. The number of halogens is 2. The molecule has 1 aromatic carbocycles. The first-order valence-electron chi connectivity index (χ1n) is 8.72. The SMILES string of the molecule is CCNC(=NCCS(=O)(=O)N1CCSCC1)N(C)Cc1cccc(F)c1.I. The normalized spacial score (nSPS) is 15.9. The quantitative estimate of drug-likeness (QED) is 0.333. The summed E-state index contributed by atoms with van der Waals surface area (Å²) < 4.78 is 39.7. The molecular formula is C17H28FIN4O2S2. The summed E-state index contributed by atoms with van der Waals surface area (Å²) in [6.07, 6.45) is 0. The molecule has 1 heterocycles. The molecule has 27 heavy (non-hydrogen) atoms. The number of aliphatic imine (C=N–C) groups is 1. The predicted octanol–water partition coefficient (Wildman–Crippen LogP) is 2.22. The molecule has 0 atom stereocenters. The van der Waals surface area contributed by atoms with Gasteiger partial charge >= 0.3 is 0 Å². The maximum atomic E-state index is 13.3. The van der Waals surface area contributed by atoms with Crippen LogP contribution >= 0.6 is 35.7 Å². The van der Waals surface area contributed by atoms with E-state index in [2.05, 4.69) is 10.3 Å². The summed E-state index contributed by atoms with van der Waals surface area (Å²) in [5, 5.41) is 3.15. The summed E-state index contributed by atoms with van der Waals surface area (Å²) in [7, 11) is -1.42. The van der Waals surface area contributed by atoms with E-state index in [1.54, 1.807) is 22.1 Å². The molecule has 1 fully saturated rings. The molecule has 1 aromatic rings. The lowest BCUT2D eigenvalue weighted by Gasteiger charge is -2.25. The van der Waals surface area contributed by atoms with E-state index >= 15 is 0 Å². The van der Waals surface area contributed by atoms with Crippen molar-refractivity contribution in [2.24, 2.45) is 4.99 Å². The maximum absolute atomic E-state index is 13.3. The van der Waals surface area contributed by atoms with Gasteiger partial charge in [-0.15, -0.1) is 24.0 Å². The lowest BCUT2D eigenvalue weighted by molar-refractivity contribution is 0.443. The fraction of sp³-hybridized carbons (Fsp3) is 0.588. The molecule has 154 valence electrons. The number of thioether (sulfide) groups is 1. The first kappa shape index (κ1) is 24.4. The van der Waals surface area contributed by atoms with E-state index in [9.17, 15) is 12.8 Å². The summed E-state index contributed by atoms with van der Waals surface area (Å²) in [4.78, 5) is 6.30. The summed E-state index contributed by atoms with van der Waals surface area (Å²) in [6, 6.07) is 6.42. The predicted molar refractivity (Wildman–Crippen MR) is 122 cm³/mol. The fourth-order valence-electron chi connectivity index (χ4n) is 2.67. The van der Waals surface area contributed by atoms with Crippen LogP contribution in [0.4, 0.5) is 4.39 Å². The molecule has 0 aromatic heterocycles. The van der Waals surface area contributed by atoms with Crippen LogP contribution in [0.25, 0.3) is 0 Å². The van der Waals surface area contributed by atoms with Crippen LogP contribution in [0.3, 0.4) is 0 Å². The first-order chi connectivity index (χ1) is 12.4. The third-order valence-electron chi connectivity index (χ3n) is 3.98. The van der Waals surface area contributed by atoms with Crippen LogP contribution in [-0.4, -0.2) is 74.1 Å². The minimum Gasteiger partial charge on any atom is -0.357 e. The molecule has 1 aliphatic heterocycles. The molecule has 0 bridgehead atoms. The number of hydrogen-bond donors (Lipinski definition) is 1. The van der Waals surface area contributed by atoms with E-state index < -0.39 is 10.0 Å². The van der Waals surface area contributed by atoms with Crippen molar-refractivity contribution in [2.45, 2.75) is 13.5 Å². The highest BCUT2D eigenvalue weighted by molar-refractivity contribution is 14.0. The van der Waals surface area contributed by atoms with Crippen LogP contribution < -0.4 is 5.32 Å². The van der Waals surface area contributed by atoms with E-state index in [-0.39, 0.29) is 42.1 Å². The molecule has 6 nitrogen and oxygen atoms in total. The summed E-state index contributed by atoms with van der Waals surface area (Å²) in [5.74, 6) is 2.04.